The van der Waals surface area contributed by atoms with Gasteiger partial charge in [0.15, 0.2) is 0 Å². The molecule has 146 valence electrons. The van der Waals surface area contributed by atoms with E-state index in [2.05, 4.69) is 57.4 Å². The van der Waals surface area contributed by atoms with E-state index in [9.17, 15) is 4.79 Å². The van der Waals surface area contributed by atoms with E-state index in [1.807, 2.05) is 24.3 Å². The summed E-state index contributed by atoms with van der Waals surface area (Å²) in [6, 6.07) is 16.0. The number of nitrogens with one attached hydrogen (secondary N) is 3. The summed E-state index contributed by atoms with van der Waals surface area (Å²) in [6.45, 7) is 2.51. The molecule has 2 aromatic heterocycles. The average Bonchev–Trinajstić information content (AvgIpc) is 3.41. The van der Waals surface area contributed by atoms with Gasteiger partial charge in [-0.15, -0.1) is 11.3 Å². The number of aryl methyl sites for hydroxylation is 1. The van der Waals surface area contributed by atoms with Crippen LogP contribution in [0.1, 0.15) is 21.7 Å². The van der Waals surface area contributed by atoms with Gasteiger partial charge in [0.1, 0.15) is 0 Å². The second-order valence-electron chi connectivity index (χ2n) is 6.78. The Hall–Kier alpha value is -3.45. The number of amides is 2. The number of carbonyl (C=O) groups is 1. The zero-order valence-electron chi connectivity index (χ0n) is 16.0. The van der Waals surface area contributed by atoms with Crippen molar-refractivity contribution in [2.45, 2.75) is 19.9 Å². The van der Waals surface area contributed by atoms with Gasteiger partial charge in [0.05, 0.1) is 16.9 Å². The van der Waals surface area contributed by atoms with E-state index in [4.69, 9.17) is 4.98 Å². The van der Waals surface area contributed by atoms with Gasteiger partial charge in [-0.2, -0.15) is 5.10 Å². The molecule has 7 heteroatoms. The van der Waals surface area contributed by atoms with Gasteiger partial charge < -0.3 is 10.6 Å². The highest BCUT2D eigenvalue weighted by atomic mass is 32.1. The number of aromatic amines is 1. The van der Waals surface area contributed by atoms with Crippen LogP contribution in [0.15, 0.2) is 66.3 Å². The van der Waals surface area contributed by atoms with Crippen LogP contribution in [0.3, 0.4) is 0 Å². The quantitative estimate of drug-likeness (QED) is 0.434. The van der Waals surface area contributed by atoms with Gasteiger partial charge in [0.2, 0.25) is 0 Å². The lowest BCUT2D eigenvalue weighted by atomic mass is 10.1. The maximum atomic E-state index is 12.0. The minimum atomic E-state index is -0.249. The molecular formula is C22H21N5OS. The van der Waals surface area contributed by atoms with Gasteiger partial charge >= 0.3 is 6.03 Å². The van der Waals surface area contributed by atoms with Crippen molar-refractivity contribution < 1.29 is 4.79 Å². The van der Waals surface area contributed by atoms with Crippen molar-refractivity contribution in [3.8, 4) is 11.3 Å². The molecule has 4 aromatic rings. The van der Waals surface area contributed by atoms with Gasteiger partial charge in [-0.1, -0.05) is 42.0 Å². The summed E-state index contributed by atoms with van der Waals surface area (Å²) < 4.78 is 0. The third-order valence-electron chi connectivity index (χ3n) is 4.47. The highest BCUT2D eigenvalue weighted by molar-refractivity contribution is 7.10. The maximum Gasteiger partial charge on any atom is 0.319 e. The first-order valence-corrected chi connectivity index (χ1v) is 10.2. The summed E-state index contributed by atoms with van der Waals surface area (Å²) >= 11 is 1.66. The minimum Gasteiger partial charge on any atom is -0.334 e. The van der Waals surface area contributed by atoms with E-state index in [0.717, 1.165) is 39.5 Å². The minimum absolute atomic E-state index is 0.249. The van der Waals surface area contributed by atoms with Crippen LogP contribution in [0, 0.1) is 6.92 Å². The number of thiazole rings is 1. The lowest BCUT2D eigenvalue weighted by Gasteiger charge is -2.07. The van der Waals surface area contributed by atoms with E-state index in [1.54, 1.807) is 23.7 Å². The molecular weight excluding hydrogens is 382 g/mol. The van der Waals surface area contributed by atoms with Crippen LogP contribution < -0.4 is 10.6 Å². The molecule has 0 saturated carbocycles. The zero-order chi connectivity index (χ0) is 20.1. The Balaban J connectivity index is 1.32. The van der Waals surface area contributed by atoms with Crippen molar-refractivity contribution in [3.63, 3.8) is 0 Å². The smallest absolute Gasteiger partial charge is 0.319 e. The van der Waals surface area contributed by atoms with Crippen LogP contribution in [0.5, 0.6) is 0 Å². The molecule has 2 heterocycles. The molecule has 0 aliphatic carbocycles. The second kappa shape index (κ2) is 8.70. The fraction of sp³-hybridized carbons (Fsp3) is 0.136. The largest absolute Gasteiger partial charge is 0.334 e. The van der Waals surface area contributed by atoms with Crippen molar-refractivity contribution in [3.05, 3.63) is 88.0 Å². The Labute approximate surface area is 173 Å². The molecule has 6 nitrogen and oxygen atoms in total. The molecule has 3 N–H and O–H groups in total. The first-order valence-electron chi connectivity index (χ1n) is 9.28. The number of carbonyl (C=O) groups excluding carboxylic acids is 1. The summed E-state index contributed by atoms with van der Waals surface area (Å²) in [5, 5.41) is 15.4. The Morgan fingerprint density at radius 2 is 1.86 bits per heavy atom. The predicted octanol–water partition coefficient (Wildman–Crippen LogP) is 4.75. The van der Waals surface area contributed by atoms with Crippen LogP contribution in [-0.2, 0) is 13.0 Å². The lowest BCUT2D eigenvalue weighted by Crippen LogP contribution is -2.27. The SMILES string of the molecule is Cc1ccc(-c2csc(Cc3ccc(NC(=O)NCc4cn[nH]c4)cc3)n2)cc1. The van der Waals surface area contributed by atoms with Gasteiger partial charge in [-0.3, -0.25) is 5.10 Å². The van der Waals surface area contributed by atoms with Crippen LogP contribution in [-0.4, -0.2) is 21.2 Å². The van der Waals surface area contributed by atoms with E-state index < -0.39 is 0 Å². The molecule has 4 rings (SSSR count). The monoisotopic (exact) mass is 403 g/mol. The molecule has 0 aliphatic heterocycles. The van der Waals surface area contributed by atoms with E-state index in [-0.39, 0.29) is 6.03 Å². The molecule has 0 bridgehead atoms. The molecule has 0 saturated heterocycles. The van der Waals surface area contributed by atoms with Crippen LogP contribution >= 0.6 is 11.3 Å². The Kier molecular flexibility index (Phi) is 5.67. The Morgan fingerprint density at radius 1 is 1.07 bits per heavy atom. The number of aromatic nitrogens is 3. The topological polar surface area (TPSA) is 82.7 Å². The van der Waals surface area contributed by atoms with Crippen molar-refractivity contribution in [2.24, 2.45) is 0 Å². The van der Waals surface area contributed by atoms with Crippen molar-refractivity contribution in [2.75, 3.05) is 5.32 Å². The fourth-order valence-corrected chi connectivity index (χ4v) is 3.70. The summed E-state index contributed by atoms with van der Waals surface area (Å²) in [4.78, 5) is 16.7. The lowest BCUT2D eigenvalue weighted by molar-refractivity contribution is 0.251. The number of anilines is 1. The van der Waals surface area contributed by atoms with Gasteiger partial charge in [-0.25, -0.2) is 9.78 Å². The summed E-state index contributed by atoms with van der Waals surface area (Å²) in [6.07, 6.45) is 4.19. The van der Waals surface area contributed by atoms with E-state index in [0.29, 0.717) is 6.54 Å². The Bertz CT molecular complexity index is 1070. The number of nitrogens with zero attached hydrogens (tertiary/aromatic N) is 2. The highest BCUT2D eigenvalue weighted by Gasteiger charge is 2.07. The van der Waals surface area contributed by atoms with Gasteiger partial charge in [0.25, 0.3) is 0 Å². The standard InChI is InChI=1S/C22H21N5OS/c1-15-2-6-18(7-3-15)20-14-29-21(27-20)10-16-4-8-19(9-5-16)26-22(28)23-11-17-12-24-25-13-17/h2-9,12-14H,10-11H2,1H3,(H,24,25)(H2,23,26,28). The summed E-state index contributed by atoms with van der Waals surface area (Å²) in [5.74, 6) is 0. The van der Waals surface area contributed by atoms with Gasteiger partial charge in [-0.05, 0) is 24.6 Å². The number of urea groups is 1. The number of benzene rings is 2. The zero-order valence-corrected chi connectivity index (χ0v) is 16.8. The van der Waals surface area contributed by atoms with Crippen LogP contribution in [0.2, 0.25) is 0 Å². The Morgan fingerprint density at radius 3 is 2.59 bits per heavy atom. The van der Waals surface area contributed by atoms with Crippen molar-refractivity contribution >= 4 is 23.1 Å². The first kappa shape index (κ1) is 18.9. The number of hydrogen-bond donors (Lipinski definition) is 3. The average molecular weight is 404 g/mol. The highest BCUT2D eigenvalue weighted by Crippen LogP contribution is 2.24. The molecule has 2 amide bonds. The number of hydrogen-bond acceptors (Lipinski definition) is 4. The van der Waals surface area contributed by atoms with Crippen molar-refractivity contribution in [1.29, 1.82) is 0 Å². The molecule has 29 heavy (non-hydrogen) atoms. The number of rotatable bonds is 6. The molecule has 0 aliphatic rings. The van der Waals surface area contributed by atoms with Crippen LogP contribution in [0.4, 0.5) is 10.5 Å². The summed E-state index contributed by atoms with van der Waals surface area (Å²) in [5.41, 5.74) is 6.21. The molecule has 2 aromatic carbocycles. The fourth-order valence-electron chi connectivity index (χ4n) is 2.86. The molecule has 0 atom stereocenters. The van der Waals surface area contributed by atoms with Gasteiger partial charge in [0, 0.05) is 41.4 Å². The molecule has 0 fully saturated rings. The maximum absolute atomic E-state index is 12.0. The molecule has 0 radical (unpaired) electrons. The third kappa shape index (κ3) is 5.08. The second-order valence-corrected chi connectivity index (χ2v) is 7.72. The summed E-state index contributed by atoms with van der Waals surface area (Å²) in [7, 11) is 0. The predicted molar refractivity (Wildman–Crippen MR) is 116 cm³/mol. The molecule has 0 unspecified atom stereocenters. The number of H-pyrrole nitrogens is 1. The van der Waals surface area contributed by atoms with Crippen molar-refractivity contribution in [1.82, 2.24) is 20.5 Å². The van der Waals surface area contributed by atoms with E-state index in [1.165, 1.54) is 5.56 Å². The normalized spacial score (nSPS) is 10.7. The first-order chi connectivity index (χ1) is 14.2. The van der Waals surface area contributed by atoms with Crippen LogP contribution in [0.25, 0.3) is 11.3 Å². The molecule has 0 spiro atoms. The third-order valence-corrected chi connectivity index (χ3v) is 5.32. The van der Waals surface area contributed by atoms with E-state index >= 15 is 0 Å².